The van der Waals surface area contributed by atoms with Crippen molar-refractivity contribution in [3.63, 3.8) is 0 Å². The molecular weight excluding hydrogens is 330 g/mol. The molecule has 138 valence electrons. The lowest BCUT2D eigenvalue weighted by molar-refractivity contribution is 0.316. The molecule has 0 atom stereocenters. The van der Waals surface area contributed by atoms with E-state index in [9.17, 15) is 0 Å². The highest BCUT2D eigenvalue weighted by Crippen LogP contribution is 2.33. The monoisotopic (exact) mass is 355 g/mol. The number of hydrogen-bond acceptors (Lipinski definition) is 7. The lowest BCUT2D eigenvalue weighted by Gasteiger charge is -2.18. The van der Waals surface area contributed by atoms with Crippen LogP contribution in [0.5, 0.6) is 0 Å². The van der Waals surface area contributed by atoms with Crippen LogP contribution in [0.1, 0.15) is 25.3 Å². The fourth-order valence-electron chi connectivity index (χ4n) is 2.84. The van der Waals surface area contributed by atoms with Crippen molar-refractivity contribution in [3.8, 4) is 22.6 Å². The Morgan fingerprint density at radius 1 is 1.15 bits per heavy atom. The molecule has 0 radical (unpaired) electrons. The van der Waals surface area contributed by atoms with Crippen LogP contribution < -0.4 is 5.32 Å². The van der Waals surface area contributed by atoms with E-state index in [0.29, 0.717) is 11.7 Å². The largest absolute Gasteiger partial charge is 0.469 e. The summed E-state index contributed by atoms with van der Waals surface area (Å²) in [5, 5.41) is 7.28. The van der Waals surface area contributed by atoms with Crippen molar-refractivity contribution in [1.82, 2.24) is 20.0 Å². The van der Waals surface area contributed by atoms with Gasteiger partial charge in [0, 0.05) is 30.9 Å². The lowest BCUT2D eigenvalue weighted by atomic mass is 10.1. The van der Waals surface area contributed by atoms with Crippen LogP contribution in [-0.4, -0.2) is 46.2 Å². The normalized spacial score (nSPS) is 11.3. The maximum Gasteiger partial charge on any atom is 0.223 e. The van der Waals surface area contributed by atoms with Crippen LogP contribution in [0.15, 0.2) is 33.5 Å². The van der Waals surface area contributed by atoms with Crippen molar-refractivity contribution in [2.75, 3.05) is 31.5 Å². The van der Waals surface area contributed by atoms with Gasteiger partial charge in [0.15, 0.2) is 5.76 Å². The van der Waals surface area contributed by atoms with Crippen molar-refractivity contribution in [3.05, 3.63) is 36.0 Å². The summed E-state index contributed by atoms with van der Waals surface area (Å²) in [5.74, 6) is 2.04. The Morgan fingerprint density at radius 3 is 2.58 bits per heavy atom. The minimum absolute atomic E-state index is 0.591. The highest BCUT2D eigenvalue weighted by molar-refractivity contribution is 5.79. The standard InChI is InChI=1S/C19H25N5O2/c1-5-24(6-2)9-8-20-19-21-12-16(17-11-13(3)23-26-17)18(22-19)15-7-10-25-14(15)4/h7,10-12H,5-6,8-9H2,1-4H3,(H,20,21,22). The molecule has 26 heavy (non-hydrogen) atoms. The third-order valence-electron chi connectivity index (χ3n) is 4.40. The van der Waals surface area contributed by atoms with E-state index in [1.165, 1.54) is 0 Å². The summed E-state index contributed by atoms with van der Waals surface area (Å²) < 4.78 is 10.9. The zero-order valence-corrected chi connectivity index (χ0v) is 15.7. The number of anilines is 1. The van der Waals surface area contributed by atoms with Gasteiger partial charge in [-0.15, -0.1) is 0 Å². The molecule has 0 bridgehead atoms. The third-order valence-corrected chi connectivity index (χ3v) is 4.40. The minimum Gasteiger partial charge on any atom is -0.469 e. The van der Waals surface area contributed by atoms with Crippen molar-refractivity contribution >= 4 is 5.95 Å². The number of aryl methyl sites for hydroxylation is 2. The molecule has 0 saturated carbocycles. The molecule has 3 rings (SSSR count). The maximum absolute atomic E-state index is 5.46. The molecule has 0 fully saturated rings. The van der Waals surface area contributed by atoms with Crippen molar-refractivity contribution in [2.45, 2.75) is 27.7 Å². The molecule has 0 aliphatic carbocycles. The van der Waals surface area contributed by atoms with Gasteiger partial charge in [-0.3, -0.25) is 0 Å². The van der Waals surface area contributed by atoms with E-state index < -0.39 is 0 Å². The highest BCUT2D eigenvalue weighted by atomic mass is 16.5. The van der Waals surface area contributed by atoms with Crippen LogP contribution in [0.2, 0.25) is 0 Å². The van der Waals surface area contributed by atoms with Gasteiger partial charge in [0.2, 0.25) is 5.95 Å². The van der Waals surface area contributed by atoms with Gasteiger partial charge in [-0.2, -0.15) is 0 Å². The second kappa shape index (κ2) is 8.14. The highest BCUT2D eigenvalue weighted by Gasteiger charge is 2.18. The van der Waals surface area contributed by atoms with Gasteiger partial charge in [0.05, 0.1) is 23.2 Å². The van der Waals surface area contributed by atoms with Gasteiger partial charge < -0.3 is 19.2 Å². The molecule has 7 heteroatoms. The van der Waals surface area contributed by atoms with Crippen molar-refractivity contribution < 1.29 is 8.94 Å². The van der Waals surface area contributed by atoms with Gasteiger partial charge in [0.25, 0.3) is 0 Å². The number of furan rings is 1. The zero-order valence-electron chi connectivity index (χ0n) is 15.7. The summed E-state index contributed by atoms with van der Waals surface area (Å²) in [6.45, 7) is 11.9. The molecule has 1 N–H and O–H groups in total. The van der Waals surface area contributed by atoms with Crippen LogP contribution in [0, 0.1) is 13.8 Å². The molecule has 3 heterocycles. The van der Waals surface area contributed by atoms with Crippen LogP contribution in [0.25, 0.3) is 22.6 Å². The Hall–Kier alpha value is -2.67. The smallest absolute Gasteiger partial charge is 0.223 e. The van der Waals surface area contributed by atoms with E-state index in [2.05, 4.69) is 34.2 Å². The van der Waals surface area contributed by atoms with E-state index in [-0.39, 0.29) is 0 Å². The van der Waals surface area contributed by atoms with E-state index in [0.717, 1.165) is 54.5 Å². The Bertz CT molecular complexity index is 851. The second-order valence-corrected chi connectivity index (χ2v) is 6.13. The quantitative estimate of drug-likeness (QED) is 0.659. The molecule has 0 aliphatic heterocycles. The summed E-state index contributed by atoms with van der Waals surface area (Å²) in [7, 11) is 0. The molecule has 0 spiro atoms. The van der Waals surface area contributed by atoms with Gasteiger partial charge >= 0.3 is 0 Å². The minimum atomic E-state index is 0.591. The number of nitrogens with zero attached hydrogens (tertiary/aromatic N) is 4. The van der Waals surface area contributed by atoms with Gasteiger partial charge in [-0.25, -0.2) is 9.97 Å². The summed E-state index contributed by atoms with van der Waals surface area (Å²) in [6.07, 6.45) is 3.43. The van der Waals surface area contributed by atoms with E-state index in [4.69, 9.17) is 13.9 Å². The van der Waals surface area contributed by atoms with E-state index >= 15 is 0 Å². The summed E-state index contributed by atoms with van der Waals surface area (Å²) >= 11 is 0. The summed E-state index contributed by atoms with van der Waals surface area (Å²) in [5.41, 5.74) is 3.30. The molecule has 7 nitrogen and oxygen atoms in total. The average molecular weight is 355 g/mol. The number of likely N-dealkylation sites (N-methyl/N-ethyl adjacent to an activating group) is 1. The molecular formula is C19H25N5O2. The second-order valence-electron chi connectivity index (χ2n) is 6.13. The Labute approximate surface area is 153 Å². The molecule has 0 aromatic carbocycles. The number of hydrogen-bond donors (Lipinski definition) is 1. The first-order valence-corrected chi connectivity index (χ1v) is 8.93. The van der Waals surface area contributed by atoms with Crippen molar-refractivity contribution in [2.24, 2.45) is 0 Å². The fourth-order valence-corrected chi connectivity index (χ4v) is 2.84. The Morgan fingerprint density at radius 2 is 1.96 bits per heavy atom. The summed E-state index contributed by atoms with van der Waals surface area (Å²) in [4.78, 5) is 11.5. The SMILES string of the molecule is CCN(CC)CCNc1ncc(-c2cc(C)no2)c(-c2ccoc2C)n1. The van der Waals surface area contributed by atoms with Gasteiger partial charge in [-0.05, 0) is 33.0 Å². The van der Waals surface area contributed by atoms with Gasteiger partial charge in [0.1, 0.15) is 5.76 Å². The number of rotatable bonds is 8. The molecule has 0 saturated heterocycles. The Kier molecular flexibility index (Phi) is 5.68. The third kappa shape index (κ3) is 3.94. The predicted octanol–water partition coefficient (Wildman–Crippen LogP) is 3.76. The summed E-state index contributed by atoms with van der Waals surface area (Å²) in [6, 6.07) is 3.79. The lowest BCUT2D eigenvalue weighted by Crippen LogP contribution is -2.29. The first-order valence-electron chi connectivity index (χ1n) is 8.93. The van der Waals surface area contributed by atoms with Gasteiger partial charge in [-0.1, -0.05) is 19.0 Å². The molecule has 0 amide bonds. The van der Waals surface area contributed by atoms with E-state index in [1.54, 1.807) is 12.5 Å². The van der Waals surface area contributed by atoms with Crippen LogP contribution in [0.3, 0.4) is 0 Å². The topological polar surface area (TPSA) is 80.2 Å². The molecule has 3 aromatic heterocycles. The van der Waals surface area contributed by atoms with Crippen LogP contribution >= 0.6 is 0 Å². The first-order chi connectivity index (χ1) is 12.6. The first kappa shape index (κ1) is 18.1. The Balaban J connectivity index is 1.89. The van der Waals surface area contributed by atoms with Crippen LogP contribution in [0.4, 0.5) is 5.95 Å². The molecule has 3 aromatic rings. The molecule has 0 aliphatic rings. The zero-order chi connectivity index (χ0) is 18.5. The average Bonchev–Trinajstić information content (AvgIpc) is 3.27. The molecule has 0 unspecified atom stereocenters. The van der Waals surface area contributed by atoms with Crippen molar-refractivity contribution in [1.29, 1.82) is 0 Å². The predicted molar refractivity (Wildman–Crippen MR) is 101 cm³/mol. The number of nitrogens with one attached hydrogen (secondary N) is 1. The number of aromatic nitrogens is 3. The van der Waals surface area contributed by atoms with Crippen LogP contribution in [-0.2, 0) is 0 Å². The van der Waals surface area contributed by atoms with E-state index in [1.807, 2.05) is 26.0 Å². The maximum atomic E-state index is 5.46. The fraction of sp³-hybridized carbons (Fsp3) is 0.421.